The fourth-order valence-corrected chi connectivity index (χ4v) is 4.50. The summed E-state index contributed by atoms with van der Waals surface area (Å²) in [5, 5.41) is 14.0. The predicted molar refractivity (Wildman–Crippen MR) is 120 cm³/mol. The van der Waals surface area contributed by atoms with Crippen LogP contribution in [0.25, 0.3) is 0 Å². The van der Waals surface area contributed by atoms with E-state index in [4.69, 9.17) is 4.52 Å². The second kappa shape index (κ2) is 10.7. The first-order chi connectivity index (χ1) is 15.5. The monoisotopic (exact) mass is 443 g/mol. The molecule has 3 heterocycles. The Balaban J connectivity index is 1.17. The van der Waals surface area contributed by atoms with Crippen LogP contribution < -0.4 is 10.6 Å². The van der Waals surface area contributed by atoms with E-state index in [-0.39, 0.29) is 11.8 Å². The van der Waals surface area contributed by atoms with Crippen LogP contribution in [0.15, 0.2) is 22.9 Å². The molecule has 10 heteroatoms. The molecule has 10 nitrogen and oxygen atoms in total. The van der Waals surface area contributed by atoms with E-state index in [9.17, 15) is 9.59 Å². The van der Waals surface area contributed by atoms with Crippen molar-refractivity contribution in [2.24, 2.45) is 5.92 Å². The number of hydrogen-bond acceptors (Lipinski definition) is 7. The smallest absolute Gasteiger partial charge is 0.239 e. The molecule has 1 aliphatic carbocycles. The molecule has 2 amide bonds. The van der Waals surface area contributed by atoms with E-state index in [1.54, 1.807) is 19.2 Å². The van der Waals surface area contributed by atoms with E-state index in [2.05, 4.69) is 30.7 Å². The van der Waals surface area contributed by atoms with Gasteiger partial charge in [-0.15, -0.1) is 0 Å². The fraction of sp³-hybridized carbons (Fsp3) is 0.636. The summed E-state index contributed by atoms with van der Waals surface area (Å²) >= 11 is 0. The average molecular weight is 444 g/mol. The van der Waals surface area contributed by atoms with Gasteiger partial charge in [-0.1, -0.05) is 24.4 Å². The Morgan fingerprint density at radius 2 is 1.69 bits per heavy atom. The summed E-state index contributed by atoms with van der Waals surface area (Å²) in [5.41, 5.74) is 0. The molecule has 2 aromatic heterocycles. The maximum Gasteiger partial charge on any atom is 0.239 e. The highest BCUT2D eigenvalue weighted by Crippen LogP contribution is 2.25. The van der Waals surface area contributed by atoms with Gasteiger partial charge in [0.1, 0.15) is 11.6 Å². The number of nitrogens with zero attached hydrogens (tertiary/aromatic N) is 5. The third-order valence-corrected chi connectivity index (χ3v) is 6.23. The van der Waals surface area contributed by atoms with Gasteiger partial charge in [-0.05, 0) is 25.7 Å². The molecule has 4 rings (SSSR count). The van der Waals surface area contributed by atoms with Gasteiger partial charge < -0.3 is 15.2 Å². The van der Waals surface area contributed by atoms with Crippen LogP contribution in [0.3, 0.4) is 0 Å². The summed E-state index contributed by atoms with van der Waals surface area (Å²) in [4.78, 5) is 29.0. The van der Waals surface area contributed by atoms with Crippen LogP contribution in [0.2, 0.25) is 0 Å². The molecule has 1 aliphatic heterocycles. The van der Waals surface area contributed by atoms with Gasteiger partial charge in [-0.3, -0.25) is 19.4 Å². The summed E-state index contributed by atoms with van der Waals surface area (Å²) in [7, 11) is 0. The SMILES string of the molecule is Cc1cc(NC(=O)CN2CCN(CC(=O)Nc3ccnn3CC3CCCCC3)CC2)no1. The number of carbonyl (C=O) groups is 2. The van der Waals surface area contributed by atoms with Gasteiger partial charge in [0.05, 0.1) is 19.3 Å². The van der Waals surface area contributed by atoms with Crippen LogP contribution in [0.1, 0.15) is 37.9 Å². The van der Waals surface area contributed by atoms with Crippen molar-refractivity contribution in [1.82, 2.24) is 24.7 Å². The molecular weight excluding hydrogens is 410 g/mol. The third kappa shape index (κ3) is 6.39. The zero-order valence-electron chi connectivity index (χ0n) is 18.8. The highest BCUT2D eigenvalue weighted by Gasteiger charge is 2.22. The van der Waals surface area contributed by atoms with Crippen LogP contribution in [0.5, 0.6) is 0 Å². The van der Waals surface area contributed by atoms with Crippen molar-refractivity contribution >= 4 is 23.5 Å². The number of nitrogens with one attached hydrogen (secondary N) is 2. The molecule has 0 radical (unpaired) electrons. The molecule has 2 aliphatic rings. The van der Waals surface area contributed by atoms with Crippen LogP contribution in [0, 0.1) is 12.8 Å². The Hall–Kier alpha value is -2.72. The van der Waals surface area contributed by atoms with Crippen molar-refractivity contribution in [3.63, 3.8) is 0 Å². The third-order valence-electron chi connectivity index (χ3n) is 6.23. The van der Waals surface area contributed by atoms with E-state index in [1.165, 1.54) is 32.1 Å². The minimum Gasteiger partial charge on any atom is -0.360 e. The van der Waals surface area contributed by atoms with Crippen molar-refractivity contribution in [2.45, 2.75) is 45.6 Å². The summed E-state index contributed by atoms with van der Waals surface area (Å²) in [5.74, 6) is 2.38. The Labute approximate surface area is 188 Å². The number of hydrogen-bond donors (Lipinski definition) is 2. The first kappa shape index (κ1) is 22.5. The maximum absolute atomic E-state index is 12.6. The first-order valence-corrected chi connectivity index (χ1v) is 11.5. The molecule has 0 spiro atoms. The van der Waals surface area contributed by atoms with E-state index < -0.39 is 0 Å². The van der Waals surface area contributed by atoms with Gasteiger partial charge >= 0.3 is 0 Å². The largest absolute Gasteiger partial charge is 0.360 e. The summed E-state index contributed by atoms with van der Waals surface area (Å²) in [6, 6.07) is 3.56. The minimum atomic E-state index is -0.115. The number of rotatable bonds is 8. The number of aromatic nitrogens is 3. The van der Waals surface area contributed by atoms with Gasteiger partial charge in [-0.2, -0.15) is 5.10 Å². The molecule has 1 saturated carbocycles. The number of aryl methyl sites for hydroxylation is 1. The van der Waals surface area contributed by atoms with E-state index >= 15 is 0 Å². The van der Waals surface area contributed by atoms with Gasteiger partial charge in [0.25, 0.3) is 0 Å². The quantitative estimate of drug-likeness (QED) is 0.642. The molecule has 0 aromatic carbocycles. The topological polar surface area (TPSA) is 109 Å². The molecule has 2 N–H and O–H groups in total. The number of anilines is 2. The van der Waals surface area contributed by atoms with E-state index in [0.717, 1.165) is 38.5 Å². The Morgan fingerprint density at radius 1 is 1.03 bits per heavy atom. The summed E-state index contributed by atoms with van der Waals surface area (Å²) in [6.07, 6.45) is 8.16. The highest BCUT2D eigenvalue weighted by atomic mass is 16.5. The number of carbonyl (C=O) groups excluding carboxylic acids is 2. The van der Waals surface area contributed by atoms with Crippen LogP contribution in [-0.4, -0.2) is 75.8 Å². The van der Waals surface area contributed by atoms with Crippen molar-refractivity contribution in [2.75, 3.05) is 49.9 Å². The highest BCUT2D eigenvalue weighted by molar-refractivity contribution is 5.92. The number of amides is 2. The molecule has 2 aromatic rings. The minimum absolute atomic E-state index is 0.0250. The molecule has 0 bridgehead atoms. The second-order valence-electron chi connectivity index (χ2n) is 8.87. The zero-order valence-corrected chi connectivity index (χ0v) is 18.8. The standard InChI is InChI=1S/C22H33N7O3/c1-17-13-19(26-32-17)24-21(30)15-27-9-11-28(12-10-27)16-22(31)25-20-7-8-23-29(20)14-18-5-3-2-4-6-18/h7-8,13,18H,2-6,9-12,14-16H2,1H3,(H,25,31)(H,24,26,30). The molecular formula is C22H33N7O3. The van der Waals surface area contributed by atoms with Crippen molar-refractivity contribution < 1.29 is 14.1 Å². The zero-order chi connectivity index (χ0) is 22.3. The fourth-order valence-electron chi connectivity index (χ4n) is 4.50. The van der Waals surface area contributed by atoms with Crippen molar-refractivity contribution in [1.29, 1.82) is 0 Å². The molecule has 1 saturated heterocycles. The van der Waals surface area contributed by atoms with Gasteiger partial charge in [-0.25, -0.2) is 4.68 Å². The molecule has 2 fully saturated rings. The number of piperazine rings is 1. The lowest BCUT2D eigenvalue weighted by Crippen LogP contribution is -2.50. The Kier molecular flexibility index (Phi) is 7.54. The Bertz CT molecular complexity index is 895. The second-order valence-corrected chi connectivity index (χ2v) is 8.87. The van der Waals surface area contributed by atoms with E-state index in [0.29, 0.717) is 30.6 Å². The lowest BCUT2D eigenvalue weighted by molar-refractivity contribution is -0.120. The van der Waals surface area contributed by atoms with Gasteiger partial charge in [0.2, 0.25) is 11.8 Å². The normalized spacial score (nSPS) is 18.5. The van der Waals surface area contributed by atoms with Crippen LogP contribution >= 0.6 is 0 Å². The molecule has 174 valence electrons. The summed E-state index contributed by atoms with van der Waals surface area (Å²) < 4.78 is 6.89. The first-order valence-electron chi connectivity index (χ1n) is 11.5. The van der Waals surface area contributed by atoms with Gasteiger partial charge in [0.15, 0.2) is 5.82 Å². The maximum atomic E-state index is 12.6. The van der Waals surface area contributed by atoms with Crippen molar-refractivity contribution in [3.05, 3.63) is 24.1 Å². The average Bonchev–Trinajstić information content (AvgIpc) is 3.38. The van der Waals surface area contributed by atoms with Crippen molar-refractivity contribution in [3.8, 4) is 0 Å². The Morgan fingerprint density at radius 3 is 2.31 bits per heavy atom. The molecule has 0 unspecified atom stereocenters. The van der Waals surface area contributed by atoms with Crippen LogP contribution in [0.4, 0.5) is 11.6 Å². The summed E-state index contributed by atoms with van der Waals surface area (Å²) in [6.45, 7) is 6.24. The van der Waals surface area contributed by atoms with E-state index in [1.807, 2.05) is 10.7 Å². The molecule has 32 heavy (non-hydrogen) atoms. The lowest BCUT2D eigenvalue weighted by Gasteiger charge is -2.33. The van der Waals surface area contributed by atoms with Gasteiger partial charge in [0, 0.05) is 44.9 Å². The predicted octanol–water partition coefficient (Wildman–Crippen LogP) is 1.95. The molecule has 0 atom stereocenters. The van der Waals surface area contributed by atoms with Crippen LogP contribution in [-0.2, 0) is 16.1 Å². The lowest BCUT2D eigenvalue weighted by atomic mass is 9.89.